The molecule has 0 radical (unpaired) electrons. The first-order valence-electron chi connectivity index (χ1n) is 7.33. The van der Waals surface area contributed by atoms with Crippen LogP contribution in [0.4, 0.5) is 4.39 Å². The Balaban J connectivity index is 1.53. The first-order chi connectivity index (χ1) is 9.27. The third-order valence-corrected chi connectivity index (χ3v) is 4.36. The van der Waals surface area contributed by atoms with Gasteiger partial charge >= 0.3 is 0 Å². The summed E-state index contributed by atoms with van der Waals surface area (Å²) in [6.45, 7) is 0.461. The van der Waals surface area contributed by atoms with Crippen LogP contribution in [-0.2, 0) is 4.74 Å². The molecule has 3 heteroatoms. The Bertz CT molecular complexity index is 427. The molecule has 1 unspecified atom stereocenters. The van der Waals surface area contributed by atoms with Crippen molar-refractivity contribution >= 4 is 0 Å². The smallest absolute Gasteiger partial charge is 0.165 e. The predicted octanol–water partition coefficient (Wildman–Crippen LogP) is 4.09. The van der Waals surface area contributed by atoms with E-state index in [2.05, 4.69) is 0 Å². The average Bonchev–Trinajstić information content (AvgIpc) is 2.82. The Morgan fingerprint density at radius 1 is 1.16 bits per heavy atom. The molecule has 3 rings (SSSR count). The maximum absolute atomic E-state index is 13.4. The molecule has 1 aliphatic heterocycles. The van der Waals surface area contributed by atoms with E-state index in [0.29, 0.717) is 12.4 Å². The van der Waals surface area contributed by atoms with Crippen LogP contribution in [0.2, 0.25) is 0 Å². The SMILES string of the molecule is Fc1ccccc1OCC1CCC2(CCCCC2)O1. The molecule has 19 heavy (non-hydrogen) atoms. The molecular weight excluding hydrogens is 243 g/mol. The van der Waals surface area contributed by atoms with Gasteiger partial charge in [0.2, 0.25) is 0 Å². The van der Waals surface area contributed by atoms with Crippen molar-refractivity contribution < 1.29 is 13.9 Å². The zero-order valence-electron chi connectivity index (χ0n) is 11.2. The Morgan fingerprint density at radius 2 is 1.95 bits per heavy atom. The van der Waals surface area contributed by atoms with Gasteiger partial charge in [-0.2, -0.15) is 0 Å². The van der Waals surface area contributed by atoms with Crippen LogP contribution >= 0.6 is 0 Å². The van der Waals surface area contributed by atoms with Crippen LogP contribution in [0.1, 0.15) is 44.9 Å². The summed E-state index contributed by atoms with van der Waals surface area (Å²) < 4.78 is 25.2. The van der Waals surface area contributed by atoms with Gasteiger partial charge in [-0.1, -0.05) is 31.4 Å². The van der Waals surface area contributed by atoms with E-state index in [1.165, 1.54) is 38.2 Å². The normalized spacial score (nSPS) is 25.6. The van der Waals surface area contributed by atoms with Gasteiger partial charge in [0.25, 0.3) is 0 Å². The van der Waals surface area contributed by atoms with Gasteiger partial charge in [0, 0.05) is 0 Å². The lowest BCUT2D eigenvalue weighted by molar-refractivity contribution is -0.0751. The second kappa shape index (κ2) is 5.49. The number of hydrogen-bond acceptors (Lipinski definition) is 2. The van der Waals surface area contributed by atoms with Crippen molar-refractivity contribution in [1.29, 1.82) is 0 Å². The van der Waals surface area contributed by atoms with E-state index in [1.807, 2.05) is 0 Å². The lowest BCUT2D eigenvalue weighted by Crippen LogP contribution is -2.32. The molecule has 1 aromatic rings. The molecule has 1 saturated heterocycles. The summed E-state index contributed by atoms with van der Waals surface area (Å²) in [7, 11) is 0. The summed E-state index contributed by atoms with van der Waals surface area (Å²) in [6, 6.07) is 6.55. The third kappa shape index (κ3) is 2.92. The molecule has 0 bridgehead atoms. The quantitative estimate of drug-likeness (QED) is 0.818. The molecule has 1 aromatic carbocycles. The molecule has 1 saturated carbocycles. The highest BCUT2D eigenvalue weighted by molar-refractivity contribution is 5.23. The Morgan fingerprint density at radius 3 is 2.74 bits per heavy atom. The first-order valence-corrected chi connectivity index (χ1v) is 7.33. The molecule has 2 fully saturated rings. The Kier molecular flexibility index (Phi) is 3.74. The minimum atomic E-state index is -0.298. The molecule has 2 aliphatic rings. The van der Waals surface area contributed by atoms with Crippen LogP contribution in [-0.4, -0.2) is 18.3 Å². The van der Waals surface area contributed by atoms with E-state index < -0.39 is 0 Å². The van der Waals surface area contributed by atoms with Crippen LogP contribution in [0.25, 0.3) is 0 Å². The van der Waals surface area contributed by atoms with E-state index in [1.54, 1.807) is 18.2 Å². The van der Waals surface area contributed by atoms with Crippen LogP contribution in [0.15, 0.2) is 24.3 Å². The second-order valence-corrected chi connectivity index (χ2v) is 5.76. The summed E-state index contributed by atoms with van der Waals surface area (Å²) >= 11 is 0. The van der Waals surface area contributed by atoms with Crippen molar-refractivity contribution in [2.24, 2.45) is 0 Å². The lowest BCUT2D eigenvalue weighted by atomic mass is 9.83. The molecule has 0 N–H and O–H groups in total. The second-order valence-electron chi connectivity index (χ2n) is 5.76. The van der Waals surface area contributed by atoms with E-state index >= 15 is 0 Å². The molecule has 1 aliphatic carbocycles. The highest BCUT2D eigenvalue weighted by Gasteiger charge is 2.40. The van der Waals surface area contributed by atoms with Crippen molar-refractivity contribution in [3.8, 4) is 5.75 Å². The van der Waals surface area contributed by atoms with Crippen molar-refractivity contribution in [2.45, 2.75) is 56.7 Å². The third-order valence-electron chi connectivity index (χ3n) is 4.36. The number of benzene rings is 1. The number of halogens is 1. The van der Waals surface area contributed by atoms with Crippen LogP contribution in [0.3, 0.4) is 0 Å². The van der Waals surface area contributed by atoms with Crippen LogP contribution in [0, 0.1) is 5.82 Å². The van der Waals surface area contributed by atoms with Gasteiger partial charge in [0.15, 0.2) is 11.6 Å². The van der Waals surface area contributed by atoms with Gasteiger partial charge in [-0.25, -0.2) is 4.39 Å². The zero-order valence-corrected chi connectivity index (χ0v) is 11.2. The van der Waals surface area contributed by atoms with Gasteiger partial charge in [0.1, 0.15) is 6.61 Å². The van der Waals surface area contributed by atoms with Gasteiger partial charge < -0.3 is 9.47 Å². The zero-order chi connectivity index (χ0) is 13.1. The van der Waals surface area contributed by atoms with Crippen molar-refractivity contribution in [3.63, 3.8) is 0 Å². The van der Waals surface area contributed by atoms with E-state index in [0.717, 1.165) is 12.8 Å². The van der Waals surface area contributed by atoms with Crippen molar-refractivity contribution in [3.05, 3.63) is 30.1 Å². The molecule has 1 atom stereocenters. The monoisotopic (exact) mass is 264 g/mol. The van der Waals surface area contributed by atoms with Crippen LogP contribution < -0.4 is 4.74 Å². The minimum absolute atomic E-state index is 0.113. The van der Waals surface area contributed by atoms with Gasteiger partial charge in [-0.3, -0.25) is 0 Å². The lowest BCUT2D eigenvalue weighted by Gasteiger charge is -2.33. The van der Waals surface area contributed by atoms with E-state index in [9.17, 15) is 4.39 Å². The van der Waals surface area contributed by atoms with Gasteiger partial charge in [0.05, 0.1) is 11.7 Å². The molecule has 1 spiro atoms. The number of para-hydroxylation sites is 1. The molecule has 104 valence electrons. The summed E-state index contributed by atoms with van der Waals surface area (Å²) in [6.07, 6.45) is 8.56. The van der Waals surface area contributed by atoms with E-state index in [4.69, 9.17) is 9.47 Å². The number of hydrogen-bond donors (Lipinski definition) is 0. The molecular formula is C16H21FO2. The highest BCUT2D eigenvalue weighted by atomic mass is 19.1. The largest absolute Gasteiger partial charge is 0.488 e. The van der Waals surface area contributed by atoms with E-state index in [-0.39, 0.29) is 17.5 Å². The Labute approximate surface area is 113 Å². The Hall–Kier alpha value is -1.09. The average molecular weight is 264 g/mol. The van der Waals surface area contributed by atoms with Crippen molar-refractivity contribution in [1.82, 2.24) is 0 Å². The molecule has 1 heterocycles. The minimum Gasteiger partial charge on any atom is -0.488 e. The maximum Gasteiger partial charge on any atom is 0.165 e. The highest BCUT2D eigenvalue weighted by Crippen LogP contribution is 2.41. The fourth-order valence-corrected chi connectivity index (χ4v) is 3.32. The fourth-order valence-electron chi connectivity index (χ4n) is 3.32. The van der Waals surface area contributed by atoms with Crippen LogP contribution in [0.5, 0.6) is 5.75 Å². The summed E-state index contributed by atoms with van der Waals surface area (Å²) in [4.78, 5) is 0. The van der Waals surface area contributed by atoms with Gasteiger partial charge in [-0.15, -0.1) is 0 Å². The molecule has 2 nitrogen and oxygen atoms in total. The maximum atomic E-state index is 13.4. The summed E-state index contributed by atoms with van der Waals surface area (Å²) in [5.41, 5.74) is 0.113. The topological polar surface area (TPSA) is 18.5 Å². The summed E-state index contributed by atoms with van der Waals surface area (Å²) in [5, 5.41) is 0. The number of rotatable bonds is 3. The predicted molar refractivity (Wildman–Crippen MR) is 71.8 cm³/mol. The molecule has 0 amide bonds. The first kappa shape index (κ1) is 12.9. The fraction of sp³-hybridized carbons (Fsp3) is 0.625. The summed E-state index contributed by atoms with van der Waals surface area (Å²) in [5.74, 6) is 0.0311. The standard InChI is InChI=1S/C16H21FO2/c17-14-6-2-3-7-15(14)18-12-13-8-11-16(19-13)9-4-1-5-10-16/h2-3,6-7,13H,1,4-5,8-12H2. The number of ether oxygens (including phenoxy) is 2. The molecule has 0 aromatic heterocycles. The van der Waals surface area contributed by atoms with Crippen molar-refractivity contribution in [2.75, 3.05) is 6.61 Å². The van der Waals surface area contributed by atoms with Gasteiger partial charge in [-0.05, 0) is 37.8 Å².